The lowest BCUT2D eigenvalue weighted by atomic mass is 10.2. The van der Waals surface area contributed by atoms with Crippen molar-refractivity contribution in [2.24, 2.45) is 5.92 Å². The van der Waals surface area contributed by atoms with Crippen LogP contribution < -0.4 is 5.32 Å². The van der Waals surface area contributed by atoms with Crippen LogP contribution in [0.15, 0.2) is 30.3 Å². The number of carbonyl (C=O) groups excluding carboxylic acids is 1. The molecule has 104 valence electrons. The molecule has 1 aliphatic carbocycles. The average Bonchev–Trinajstić information content (AvgIpc) is 2.93. The van der Waals surface area contributed by atoms with Gasteiger partial charge in [-0.3, -0.25) is 4.79 Å². The molecule has 0 unspecified atom stereocenters. The number of rotatable bonds is 2. The number of nitrogens with one attached hydrogen (secondary N) is 1. The van der Waals surface area contributed by atoms with Gasteiger partial charge in [0, 0.05) is 5.56 Å². The van der Waals surface area contributed by atoms with Crippen LogP contribution in [0.5, 0.6) is 0 Å². The first-order valence-corrected chi connectivity index (χ1v) is 6.76. The summed E-state index contributed by atoms with van der Waals surface area (Å²) >= 11 is 0. The van der Waals surface area contributed by atoms with Crippen molar-refractivity contribution in [3.8, 4) is 6.07 Å². The second-order valence-corrected chi connectivity index (χ2v) is 4.61. The topological polar surface area (TPSA) is 52.9 Å². The van der Waals surface area contributed by atoms with Gasteiger partial charge < -0.3 is 5.32 Å². The summed E-state index contributed by atoms with van der Waals surface area (Å²) in [7, 11) is 1.74. The van der Waals surface area contributed by atoms with E-state index < -0.39 is 0 Å². The lowest BCUT2D eigenvalue weighted by Crippen LogP contribution is -2.03. The van der Waals surface area contributed by atoms with E-state index in [1.807, 2.05) is 24.3 Å². The number of aldehydes is 1. The average molecular weight is 260 g/mol. The molecule has 0 aromatic heterocycles. The summed E-state index contributed by atoms with van der Waals surface area (Å²) in [6, 6.07) is 11.0. The Morgan fingerprint density at radius 1 is 1.32 bits per heavy atom. The molecule has 19 heavy (non-hydrogen) atoms. The number of nitrogens with zero attached hydrogens (tertiary/aromatic N) is 1. The third-order valence-corrected chi connectivity index (χ3v) is 2.84. The SMILES string of the molecule is CC1CCCC1.CNCC#N.O=Cc1ccccc1. The van der Waals surface area contributed by atoms with Crippen LogP contribution in [0.1, 0.15) is 43.0 Å². The summed E-state index contributed by atoms with van der Waals surface area (Å²) in [5, 5.41) is 10.4. The van der Waals surface area contributed by atoms with Crippen LogP contribution in [0, 0.1) is 17.2 Å². The second kappa shape index (κ2) is 12.8. The predicted molar refractivity (Wildman–Crippen MR) is 79.0 cm³/mol. The Labute approximate surface area is 116 Å². The van der Waals surface area contributed by atoms with Crippen molar-refractivity contribution in [1.82, 2.24) is 5.32 Å². The van der Waals surface area contributed by atoms with Crippen molar-refractivity contribution < 1.29 is 4.79 Å². The lowest BCUT2D eigenvalue weighted by Gasteiger charge is -1.91. The van der Waals surface area contributed by atoms with Gasteiger partial charge in [-0.25, -0.2) is 0 Å². The van der Waals surface area contributed by atoms with Crippen molar-refractivity contribution in [1.29, 1.82) is 5.26 Å². The van der Waals surface area contributed by atoms with Crippen molar-refractivity contribution >= 4 is 6.29 Å². The van der Waals surface area contributed by atoms with Crippen molar-refractivity contribution in [2.75, 3.05) is 13.6 Å². The molecule has 0 aliphatic heterocycles. The zero-order valence-corrected chi connectivity index (χ0v) is 11.9. The van der Waals surface area contributed by atoms with Gasteiger partial charge in [0.2, 0.25) is 0 Å². The monoisotopic (exact) mass is 260 g/mol. The summed E-state index contributed by atoms with van der Waals surface area (Å²) in [6.45, 7) is 2.78. The van der Waals surface area contributed by atoms with Crippen molar-refractivity contribution in [3.63, 3.8) is 0 Å². The van der Waals surface area contributed by atoms with E-state index >= 15 is 0 Å². The molecule has 0 saturated heterocycles. The van der Waals surface area contributed by atoms with Crippen LogP contribution in [0.4, 0.5) is 0 Å². The fourth-order valence-electron chi connectivity index (χ4n) is 1.74. The molecule has 1 fully saturated rings. The maximum atomic E-state index is 10.0. The van der Waals surface area contributed by atoms with Gasteiger partial charge >= 0.3 is 0 Å². The summed E-state index contributed by atoms with van der Waals surface area (Å²) in [4.78, 5) is 10.0. The molecule has 0 atom stereocenters. The Morgan fingerprint density at radius 3 is 2.11 bits per heavy atom. The van der Waals surface area contributed by atoms with Gasteiger partial charge in [-0.1, -0.05) is 62.9 Å². The fourth-order valence-corrected chi connectivity index (χ4v) is 1.74. The Hall–Kier alpha value is -1.66. The lowest BCUT2D eigenvalue weighted by molar-refractivity contribution is 0.112. The Morgan fingerprint density at radius 2 is 1.89 bits per heavy atom. The maximum absolute atomic E-state index is 10.0. The molecule has 3 heteroatoms. The van der Waals surface area contributed by atoms with Gasteiger partial charge in [0.25, 0.3) is 0 Å². The van der Waals surface area contributed by atoms with E-state index in [-0.39, 0.29) is 0 Å². The van der Waals surface area contributed by atoms with E-state index in [0.29, 0.717) is 6.54 Å². The molecule has 0 spiro atoms. The molecule has 1 aromatic rings. The summed E-state index contributed by atoms with van der Waals surface area (Å²) < 4.78 is 0. The first-order valence-electron chi connectivity index (χ1n) is 6.76. The smallest absolute Gasteiger partial charge is 0.150 e. The summed E-state index contributed by atoms with van der Waals surface area (Å²) in [5.74, 6) is 1.05. The van der Waals surface area contributed by atoms with Gasteiger partial charge in [-0.05, 0) is 13.0 Å². The minimum Gasteiger partial charge on any atom is -0.308 e. The highest BCUT2D eigenvalue weighted by Gasteiger charge is 2.07. The second-order valence-electron chi connectivity index (χ2n) is 4.61. The molecule has 1 aromatic carbocycles. The maximum Gasteiger partial charge on any atom is 0.150 e. The van der Waals surface area contributed by atoms with Crippen LogP contribution in [-0.4, -0.2) is 19.9 Å². The van der Waals surface area contributed by atoms with Crippen LogP contribution in [0.2, 0.25) is 0 Å². The number of carbonyl (C=O) groups is 1. The molecule has 3 nitrogen and oxygen atoms in total. The van der Waals surface area contributed by atoms with Crippen LogP contribution in [0.3, 0.4) is 0 Å². The molecule has 0 heterocycles. The standard InChI is InChI=1S/C7H6O.C6H12.C3H6N2/c8-6-7-4-2-1-3-5-7;1-6-4-2-3-5-6;1-5-3-2-4/h1-6H;6H,2-5H2,1H3;5H,3H2,1H3. The molecule has 0 amide bonds. The first-order chi connectivity index (χ1) is 9.24. The largest absolute Gasteiger partial charge is 0.308 e. The molecular weight excluding hydrogens is 236 g/mol. The fraction of sp³-hybridized carbons (Fsp3) is 0.500. The number of nitriles is 1. The molecular formula is C16H24N2O. The van der Waals surface area contributed by atoms with Crippen LogP contribution >= 0.6 is 0 Å². The Kier molecular flexibility index (Phi) is 11.7. The molecule has 1 N–H and O–H groups in total. The van der Waals surface area contributed by atoms with Gasteiger partial charge in [0.15, 0.2) is 0 Å². The van der Waals surface area contributed by atoms with Gasteiger partial charge in [-0.15, -0.1) is 0 Å². The zero-order valence-electron chi connectivity index (χ0n) is 11.9. The number of hydrogen-bond donors (Lipinski definition) is 1. The molecule has 2 rings (SSSR count). The van der Waals surface area contributed by atoms with E-state index in [1.165, 1.54) is 25.7 Å². The third-order valence-electron chi connectivity index (χ3n) is 2.84. The zero-order chi connectivity index (χ0) is 14.3. The highest BCUT2D eigenvalue weighted by molar-refractivity contribution is 5.74. The predicted octanol–water partition coefficient (Wildman–Crippen LogP) is 3.42. The van der Waals surface area contributed by atoms with Gasteiger partial charge in [0.1, 0.15) is 6.29 Å². The van der Waals surface area contributed by atoms with E-state index in [1.54, 1.807) is 19.2 Å². The van der Waals surface area contributed by atoms with E-state index in [0.717, 1.165) is 17.8 Å². The van der Waals surface area contributed by atoms with E-state index in [4.69, 9.17) is 5.26 Å². The quantitative estimate of drug-likeness (QED) is 0.654. The van der Waals surface area contributed by atoms with Crippen LogP contribution in [0.25, 0.3) is 0 Å². The molecule has 1 saturated carbocycles. The molecule has 1 aliphatic rings. The van der Waals surface area contributed by atoms with Crippen LogP contribution in [-0.2, 0) is 0 Å². The van der Waals surface area contributed by atoms with Gasteiger partial charge in [0.05, 0.1) is 12.6 Å². The summed E-state index contributed by atoms with van der Waals surface area (Å²) in [5.41, 5.74) is 0.729. The molecule has 0 bridgehead atoms. The van der Waals surface area contributed by atoms with Gasteiger partial charge in [-0.2, -0.15) is 5.26 Å². The van der Waals surface area contributed by atoms with Crippen molar-refractivity contribution in [2.45, 2.75) is 32.6 Å². The summed E-state index contributed by atoms with van der Waals surface area (Å²) in [6.07, 6.45) is 6.78. The minimum absolute atomic E-state index is 0.444. The highest BCUT2D eigenvalue weighted by Crippen LogP contribution is 2.22. The number of hydrogen-bond acceptors (Lipinski definition) is 3. The number of benzene rings is 1. The minimum atomic E-state index is 0.444. The molecule has 0 radical (unpaired) electrons. The van der Waals surface area contributed by atoms with E-state index in [9.17, 15) is 4.79 Å². The first kappa shape index (κ1) is 17.3. The Balaban J connectivity index is 0.000000265. The Bertz CT molecular complexity index is 351. The van der Waals surface area contributed by atoms with E-state index in [2.05, 4.69) is 12.2 Å². The third kappa shape index (κ3) is 11.2. The normalized spacial score (nSPS) is 13.3. The van der Waals surface area contributed by atoms with Crippen molar-refractivity contribution in [3.05, 3.63) is 35.9 Å². The highest BCUT2D eigenvalue weighted by atomic mass is 16.1.